The summed E-state index contributed by atoms with van der Waals surface area (Å²) in [7, 11) is 0. The van der Waals surface area contributed by atoms with Crippen LogP contribution in [0.5, 0.6) is 0 Å². The first-order chi connectivity index (χ1) is 8.31. The van der Waals surface area contributed by atoms with E-state index in [-0.39, 0.29) is 0 Å². The van der Waals surface area contributed by atoms with Gasteiger partial charge in [0, 0.05) is 23.4 Å². The summed E-state index contributed by atoms with van der Waals surface area (Å²) in [6, 6.07) is 8.28. The molecule has 0 radical (unpaired) electrons. The zero-order chi connectivity index (χ0) is 12.1. The van der Waals surface area contributed by atoms with Crippen molar-refractivity contribution in [1.29, 1.82) is 0 Å². The Labute approximate surface area is 110 Å². The summed E-state index contributed by atoms with van der Waals surface area (Å²) in [4.78, 5) is 4.36. The van der Waals surface area contributed by atoms with Crippen molar-refractivity contribution in [3.63, 3.8) is 0 Å². The molecule has 1 N–H and O–H groups in total. The van der Waals surface area contributed by atoms with Gasteiger partial charge in [-0.05, 0) is 18.2 Å². The van der Waals surface area contributed by atoms with Crippen molar-refractivity contribution in [2.45, 2.75) is 20.0 Å². The van der Waals surface area contributed by atoms with Crippen LogP contribution in [0.3, 0.4) is 0 Å². The Bertz CT molecular complexity index is 479. The molecule has 0 aliphatic rings. The molecule has 1 aromatic heterocycles. The van der Waals surface area contributed by atoms with Gasteiger partial charge in [0.2, 0.25) is 0 Å². The van der Waals surface area contributed by atoms with Crippen LogP contribution < -0.4 is 5.32 Å². The minimum Gasteiger partial charge on any atom is -0.329 e. The molecule has 2 aromatic rings. The van der Waals surface area contributed by atoms with Crippen molar-refractivity contribution in [1.82, 2.24) is 14.9 Å². The van der Waals surface area contributed by atoms with Crippen LogP contribution in [0.15, 0.2) is 41.1 Å². The van der Waals surface area contributed by atoms with Crippen LogP contribution in [0.2, 0.25) is 0 Å². The molecule has 1 heterocycles. The summed E-state index contributed by atoms with van der Waals surface area (Å²) in [5.41, 5.74) is 1.27. The predicted octanol–water partition coefficient (Wildman–Crippen LogP) is 2.80. The molecule has 0 aliphatic carbocycles. The van der Waals surface area contributed by atoms with Crippen molar-refractivity contribution in [2.75, 3.05) is 6.54 Å². The molecule has 0 saturated carbocycles. The van der Waals surface area contributed by atoms with E-state index < -0.39 is 0 Å². The molecule has 4 heteroatoms. The summed E-state index contributed by atoms with van der Waals surface area (Å²) >= 11 is 3.57. The minimum absolute atomic E-state index is 0.813. The third-order valence-electron chi connectivity index (χ3n) is 2.63. The Morgan fingerprint density at radius 2 is 2.18 bits per heavy atom. The molecule has 0 fully saturated rings. The monoisotopic (exact) mass is 293 g/mol. The summed E-state index contributed by atoms with van der Waals surface area (Å²) in [6.07, 6.45) is 3.87. The fourth-order valence-electron chi connectivity index (χ4n) is 1.70. The molecule has 0 saturated heterocycles. The van der Waals surface area contributed by atoms with Crippen LogP contribution in [-0.2, 0) is 13.1 Å². The largest absolute Gasteiger partial charge is 0.329 e. The van der Waals surface area contributed by atoms with Crippen molar-refractivity contribution in [3.8, 4) is 0 Å². The van der Waals surface area contributed by atoms with Gasteiger partial charge in [0.15, 0.2) is 0 Å². The first kappa shape index (κ1) is 12.3. The van der Waals surface area contributed by atoms with E-state index in [1.807, 2.05) is 18.5 Å². The topological polar surface area (TPSA) is 29.9 Å². The quantitative estimate of drug-likeness (QED) is 0.919. The highest BCUT2D eigenvalue weighted by Gasteiger charge is 2.04. The zero-order valence-corrected chi connectivity index (χ0v) is 11.4. The van der Waals surface area contributed by atoms with Crippen molar-refractivity contribution in [2.24, 2.45) is 0 Å². The molecule has 17 heavy (non-hydrogen) atoms. The van der Waals surface area contributed by atoms with Crippen LogP contribution in [0.25, 0.3) is 0 Å². The Morgan fingerprint density at radius 1 is 1.35 bits per heavy atom. The van der Waals surface area contributed by atoms with E-state index in [1.54, 1.807) is 0 Å². The third kappa shape index (κ3) is 3.17. The molecule has 2 rings (SSSR count). The van der Waals surface area contributed by atoms with Gasteiger partial charge in [0.05, 0.1) is 6.54 Å². The zero-order valence-electron chi connectivity index (χ0n) is 9.86. The van der Waals surface area contributed by atoms with Gasteiger partial charge in [-0.1, -0.05) is 41.1 Å². The second-order valence-corrected chi connectivity index (χ2v) is 4.70. The van der Waals surface area contributed by atoms with Gasteiger partial charge in [-0.2, -0.15) is 0 Å². The number of rotatable bonds is 5. The highest BCUT2D eigenvalue weighted by molar-refractivity contribution is 9.10. The fourth-order valence-corrected chi connectivity index (χ4v) is 2.11. The highest BCUT2D eigenvalue weighted by atomic mass is 79.9. The Hall–Kier alpha value is -1.13. The number of aromatic nitrogens is 2. The number of hydrogen-bond acceptors (Lipinski definition) is 2. The van der Waals surface area contributed by atoms with Crippen molar-refractivity contribution < 1.29 is 0 Å². The lowest BCUT2D eigenvalue weighted by Crippen LogP contribution is -2.16. The standard InChI is InChI=1S/C13H16BrN3/c1-2-15-9-13-16-7-8-17(13)10-11-5-3-4-6-12(11)14/h3-8,15H,2,9-10H2,1H3. The highest BCUT2D eigenvalue weighted by Crippen LogP contribution is 2.17. The van der Waals surface area contributed by atoms with Crippen LogP contribution >= 0.6 is 15.9 Å². The summed E-state index contributed by atoms with van der Waals surface area (Å²) < 4.78 is 3.31. The van der Waals surface area contributed by atoms with Gasteiger partial charge in [-0.3, -0.25) is 0 Å². The summed E-state index contributed by atoms with van der Waals surface area (Å²) in [5.74, 6) is 1.07. The normalized spacial score (nSPS) is 10.7. The molecule has 0 unspecified atom stereocenters. The smallest absolute Gasteiger partial charge is 0.122 e. The molecule has 0 bridgehead atoms. The van der Waals surface area contributed by atoms with Crippen LogP contribution in [0.1, 0.15) is 18.3 Å². The van der Waals surface area contributed by atoms with E-state index in [4.69, 9.17) is 0 Å². The Morgan fingerprint density at radius 3 is 2.94 bits per heavy atom. The Kier molecular flexibility index (Phi) is 4.34. The van der Waals surface area contributed by atoms with Crippen molar-refractivity contribution >= 4 is 15.9 Å². The van der Waals surface area contributed by atoms with E-state index >= 15 is 0 Å². The van der Waals surface area contributed by atoms with E-state index in [1.165, 1.54) is 5.56 Å². The summed E-state index contributed by atoms with van der Waals surface area (Å²) in [5, 5.41) is 3.30. The van der Waals surface area contributed by atoms with Gasteiger partial charge in [0.1, 0.15) is 5.82 Å². The number of nitrogens with one attached hydrogen (secondary N) is 1. The molecule has 0 atom stereocenters. The lowest BCUT2D eigenvalue weighted by Gasteiger charge is -2.09. The van der Waals surface area contributed by atoms with E-state index in [0.717, 1.165) is 29.9 Å². The average molecular weight is 294 g/mol. The molecule has 0 spiro atoms. The van der Waals surface area contributed by atoms with Crippen LogP contribution in [0.4, 0.5) is 0 Å². The lowest BCUT2D eigenvalue weighted by atomic mass is 10.2. The Balaban J connectivity index is 2.13. The van der Waals surface area contributed by atoms with E-state index in [9.17, 15) is 0 Å². The molecule has 3 nitrogen and oxygen atoms in total. The van der Waals surface area contributed by atoms with Gasteiger partial charge >= 0.3 is 0 Å². The van der Waals surface area contributed by atoms with Crippen LogP contribution in [-0.4, -0.2) is 16.1 Å². The van der Waals surface area contributed by atoms with Gasteiger partial charge in [-0.15, -0.1) is 0 Å². The number of hydrogen-bond donors (Lipinski definition) is 1. The number of imidazole rings is 1. The van der Waals surface area contributed by atoms with Gasteiger partial charge in [-0.25, -0.2) is 4.98 Å². The third-order valence-corrected chi connectivity index (χ3v) is 3.41. The minimum atomic E-state index is 0.813. The summed E-state index contributed by atoms with van der Waals surface area (Å²) in [6.45, 7) is 4.72. The van der Waals surface area contributed by atoms with E-state index in [2.05, 4.69) is 55.9 Å². The number of nitrogens with zero attached hydrogens (tertiary/aromatic N) is 2. The molecule has 0 amide bonds. The van der Waals surface area contributed by atoms with Gasteiger partial charge < -0.3 is 9.88 Å². The maximum absolute atomic E-state index is 4.36. The first-order valence-electron chi connectivity index (χ1n) is 5.75. The lowest BCUT2D eigenvalue weighted by molar-refractivity contribution is 0.639. The van der Waals surface area contributed by atoms with Gasteiger partial charge in [0.25, 0.3) is 0 Å². The number of benzene rings is 1. The second-order valence-electron chi connectivity index (χ2n) is 3.84. The van der Waals surface area contributed by atoms with Crippen molar-refractivity contribution in [3.05, 3.63) is 52.5 Å². The second kappa shape index (κ2) is 5.98. The predicted molar refractivity (Wildman–Crippen MR) is 72.9 cm³/mol. The maximum atomic E-state index is 4.36. The van der Waals surface area contributed by atoms with Crippen LogP contribution in [0, 0.1) is 0 Å². The number of halogens is 1. The molecule has 1 aromatic carbocycles. The average Bonchev–Trinajstić information content (AvgIpc) is 2.77. The molecular formula is C13H16BrN3. The molecular weight excluding hydrogens is 278 g/mol. The first-order valence-corrected chi connectivity index (χ1v) is 6.54. The SMILES string of the molecule is CCNCc1nccn1Cc1ccccc1Br. The molecule has 0 aliphatic heterocycles. The van der Waals surface area contributed by atoms with E-state index in [0.29, 0.717) is 0 Å². The fraction of sp³-hybridized carbons (Fsp3) is 0.308. The maximum Gasteiger partial charge on any atom is 0.122 e. The molecule has 90 valence electrons.